The number of hydrogen-bond acceptors (Lipinski definition) is 5. The summed E-state index contributed by atoms with van der Waals surface area (Å²) in [5.74, 6) is 1.55. The molecule has 0 fully saturated rings. The van der Waals surface area contributed by atoms with Crippen molar-refractivity contribution in [1.29, 1.82) is 5.26 Å². The number of ether oxygens (including phenoxy) is 1. The first-order chi connectivity index (χ1) is 13.7. The third kappa shape index (κ3) is 3.43. The van der Waals surface area contributed by atoms with Crippen LogP contribution in [0.4, 0.5) is 0 Å². The van der Waals surface area contributed by atoms with Crippen molar-refractivity contribution in [3.05, 3.63) is 56.4 Å². The van der Waals surface area contributed by atoms with Gasteiger partial charge in [-0.3, -0.25) is 9.36 Å². The number of unbranched alkanes of at least 4 members (excludes halogenated alkanes) is 1. The van der Waals surface area contributed by atoms with Gasteiger partial charge in [-0.15, -0.1) is 11.3 Å². The number of benzene rings is 1. The molecule has 144 valence electrons. The molecular formula is C22H23N3O2S. The summed E-state index contributed by atoms with van der Waals surface area (Å²) in [5, 5.41) is 9.72. The van der Waals surface area contributed by atoms with E-state index in [0.29, 0.717) is 25.8 Å². The highest BCUT2D eigenvalue weighted by Crippen LogP contribution is 2.34. The molecule has 1 aliphatic carbocycles. The van der Waals surface area contributed by atoms with Gasteiger partial charge in [0.1, 0.15) is 16.4 Å². The van der Waals surface area contributed by atoms with Crippen LogP contribution in [0.2, 0.25) is 0 Å². The van der Waals surface area contributed by atoms with Gasteiger partial charge in [-0.2, -0.15) is 5.26 Å². The van der Waals surface area contributed by atoms with E-state index in [1.165, 1.54) is 16.9 Å². The summed E-state index contributed by atoms with van der Waals surface area (Å²) in [4.78, 5) is 20.6. The number of aryl methyl sites for hydroxylation is 2. The lowest BCUT2D eigenvalue weighted by Gasteiger charge is -2.14. The van der Waals surface area contributed by atoms with Crippen LogP contribution in [-0.4, -0.2) is 16.7 Å². The van der Waals surface area contributed by atoms with Crippen LogP contribution in [0.1, 0.15) is 47.5 Å². The number of hydrogen-bond donors (Lipinski definition) is 0. The van der Waals surface area contributed by atoms with Crippen LogP contribution in [0.25, 0.3) is 10.2 Å². The molecule has 2 aromatic heterocycles. The highest BCUT2D eigenvalue weighted by atomic mass is 32.1. The molecule has 3 aromatic rings. The van der Waals surface area contributed by atoms with Gasteiger partial charge >= 0.3 is 0 Å². The number of nitrogens with zero attached hydrogens (tertiary/aromatic N) is 3. The Kier molecular flexibility index (Phi) is 5.45. The zero-order chi connectivity index (χ0) is 19.5. The van der Waals surface area contributed by atoms with E-state index in [2.05, 4.69) is 6.07 Å². The van der Waals surface area contributed by atoms with E-state index in [0.717, 1.165) is 46.6 Å². The average Bonchev–Trinajstić information content (AvgIpc) is 3.09. The number of para-hydroxylation sites is 1. The van der Waals surface area contributed by atoms with Crippen LogP contribution in [-0.2, 0) is 25.8 Å². The maximum absolute atomic E-state index is 13.4. The van der Waals surface area contributed by atoms with E-state index in [9.17, 15) is 4.79 Å². The number of nitriles is 1. The molecular weight excluding hydrogens is 370 g/mol. The van der Waals surface area contributed by atoms with Crippen LogP contribution in [0.3, 0.4) is 0 Å². The lowest BCUT2D eigenvalue weighted by molar-refractivity contribution is 0.410. The summed E-state index contributed by atoms with van der Waals surface area (Å²) in [7, 11) is 1.66. The zero-order valence-corrected chi connectivity index (χ0v) is 16.8. The van der Waals surface area contributed by atoms with Gasteiger partial charge in [-0.05, 0) is 43.7 Å². The van der Waals surface area contributed by atoms with E-state index < -0.39 is 0 Å². The zero-order valence-electron chi connectivity index (χ0n) is 16.0. The minimum absolute atomic E-state index is 0.0484. The standard InChI is InChI=1S/C22H23N3O2S/c1-27-17-10-4-2-8-15(17)14-19-24-21-20(16-9-3-5-11-18(16)28-21)22(26)25(19)13-7-6-12-23/h2,4,8,10H,3,5-7,9,11,13-14H2,1H3. The molecule has 0 spiro atoms. The molecule has 0 N–H and O–H groups in total. The molecule has 0 amide bonds. The first-order valence-electron chi connectivity index (χ1n) is 9.75. The molecule has 0 radical (unpaired) electrons. The summed E-state index contributed by atoms with van der Waals surface area (Å²) in [6.07, 6.45) is 5.95. The fraction of sp³-hybridized carbons (Fsp3) is 0.409. The molecule has 0 aliphatic heterocycles. The molecule has 0 bridgehead atoms. The first-order valence-corrected chi connectivity index (χ1v) is 10.6. The summed E-state index contributed by atoms with van der Waals surface area (Å²) in [6, 6.07) is 10.0. The first kappa shape index (κ1) is 18.7. The Bertz CT molecular complexity index is 1110. The van der Waals surface area contributed by atoms with Crippen molar-refractivity contribution in [2.45, 2.75) is 51.5 Å². The largest absolute Gasteiger partial charge is 0.496 e. The van der Waals surface area contributed by atoms with Crippen molar-refractivity contribution in [3.63, 3.8) is 0 Å². The molecule has 2 heterocycles. The quantitative estimate of drug-likeness (QED) is 0.588. The average molecular weight is 394 g/mol. The highest BCUT2D eigenvalue weighted by Gasteiger charge is 2.22. The highest BCUT2D eigenvalue weighted by molar-refractivity contribution is 7.18. The molecule has 6 heteroatoms. The predicted molar refractivity (Wildman–Crippen MR) is 111 cm³/mol. The molecule has 0 saturated heterocycles. The second-order valence-corrected chi connectivity index (χ2v) is 8.21. The summed E-state index contributed by atoms with van der Waals surface area (Å²) >= 11 is 1.68. The maximum atomic E-state index is 13.4. The Balaban J connectivity index is 1.84. The smallest absolute Gasteiger partial charge is 0.262 e. The minimum atomic E-state index is 0.0484. The summed E-state index contributed by atoms with van der Waals surface area (Å²) in [5.41, 5.74) is 2.26. The van der Waals surface area contributed by atoms with Gasteiger partial charge < -0.3 is 4.74 Å². The maximum Gasteiger partial charge on any atom is 0.262 e. The van der Waals surface area contributed by atoms with Gasteiger partial charge in [-0.1, -0.05) is 18.2 Å². The van der Waals surface area contributed by atoms with E-state index in [-0.39, 0.29) is 5.56 Å². The van der Waals surface area contributed by atoms with Gasteiger partial charge in [0.05, 0.1) is 18.6 Å². The Hall–Kier alpha value is -2.65. The monoisotopic (exact) mass is 393 g/mol. The van der Waals surface area contributed by atoms with Gasteiger partial charge in [-0.25, -0.2) is 4.98 Å². The van der Waals surface area contributed by atoms with E-state index in [1.807, 2.05) is 24.3 Å². The number of rotatable bonds is 6. The predicted octanol–water partition coefficient (Wildman–Crippen LogP) is 4.24. The number of methoxy groups -OCH3 is 1. The Labute approximate surface area is 168 Å². The SMILES string of the molecule is COc1ccccc1Cc1nc2sc3c(c2c(=O)n1CCCC#N)CCCC3. The second-order valence-electron chi connectivity index (χ2n) is 7.13. The van der Waals surface area contributed by atoms with Crippen LogP contribution < -0.4 is 10.3 Å². The summed E-state index contributed by atoms with van der Waals surface area (Å²) in [6.45, 7) is 0.518. The molecule has 1 aliphatic rings. The normalized spacial score (nSPS) is 13.3. The molecule has 0 unspecified atom stereocenters. The van der Waals surface area contributed by atoms with Crippen molar-refractivity contribution < 1.29 is 4.74 Å². The fourth-order valence-corrected chi connectivity index (χ4v) is 5.25. The fourth-order valence-electron chi connectivity index (χ4n) is 3.98. The number of thiophene rings is 1. The van der Waals surface area contributed by atoms with Gasteiger partial charge in [0.2, 0.25) is 0 Å². The number of aromatic nitrogens is 2. The lowest BCUT2D eigenvalue weighted by Crippen LogP contribution is -2.26. The Morgan fingerprint density at radius 2 is 2.11 bits per heavy atom. The van der Waals surface area contributed by atoms with Crippen molar-refractivity contribution in [1.82, 2.24) is 9.55 Å². The van der Waals surface area contributed by atoms with Crippen LogP contribution in [0, 0.1) is 11.3 Å². The van der Waals surface area contributed by atoms with Gasteiger partial charge in [0, 0.05) is 29.8 Å². The molecule has 0 saturated carbocycles. The van der Waals surface area contributed by atoms with Crippen LogP contribution in [0.5, 0.6) is 5.75 Å². The van der Waals surface area contributed by atoms with Crippen molar-refractivity contribution in [2.24, 2.45) is 0 Å². The Morgan fingerprint density at radius 1 is 1.29 bits per heavy atom. The van der Waals surface area contributed by atoms with Crippen molar-refractivity contribution in [2.75, 3.05) is 7.11 Å². The van der Waals surface area contributed by atoms with Gasteiger partial charge in [0.15, 0.2) is 0 Å². The minimum Gasteiger partial charge on any atom is -0.496 e. The van der Waals surface area contributed by atoms with E-state index >= 15 is 0 Å². The molecule has 5 nitrogen and oxygen atoms in total. The number of fused-ring (bicyclic) bond motifs is 3. The lowest BCUT2D eigenvalue weighted by atomic mass is 9.97. The summed E-state index contributed by atoms with van der Waals surface area (Å²) < 4.78 is 7.27. The Morgan fingerprint density at radius 3 is 2.93 bits per heavy atom. The van der Waals surface area contributed by atoms with Crippen LogP contribution in [0.15, 0.2) is 29.1 Å². The third-order valence-corrected chi connectivity index (χ3v) is 6.55. The van der Waals surface area contributed by atoms with Gasteiger partial charge in [0.25, 0.3) is 5.56 Å². The third-order valence-electron chi connectivity index (χ3n) is 5.37. The molecule has 4 rings (SSSR count). The van der Waals surface area contributed by atoms with Crippen LogP contribution >= 0.6 is 11.3 Å². The molecule has 28 heavy (non-hydrogen) atoms. The topological polar surface area (TPSA) is 67.9 Å². The van der Waals surface area contributed by atoms with Crippen molar-refractivity contribution >= 4 is 21.6 Å². The molecule has 1 aromatic carbocycles. The van der Waals surface area contributed by atoms with E-state index in [4.69, 9.17) is 15.0 Å². The van der Waals surface area contributed by atoms with E-state index in [1.54, 1.807) is 23.0 Å². The second kappa shape index (κ2) is 8.15. The van der Waals surface area contributed by atoms with Crippen molar-refractivity contribution in [3.8, 4) is 11.8 Å². The molecule has 0 atom stereocenters.